The molecule has 2 heterocycles. The summed E-state index contributed by atoms with van der Waals surface area (Å²) in [4.78, 5) is 28.3. The lowest BCUT2D eigenvalue weighted by atomic mass is 10.2. The second-order valence-electron chi connectivity index (χ2n) is 4.65. The third-order valence-electron chi connectivity index (χ3n) is 3.16. The average Bonchev–Trinajstić information content (AvgIpc) is 3.09. The molecule has 5 nitrogen and oxygen atoms in total. The molecule has 2 amide bonds. The summed E-state index contributed by atoms with van der Waals surface area (Å²) in [6, 6.07) is 6.85. The Labute approximate surface area is 130 Å². The van der Waals surface area contributed by atoms with Crippen LogP contribution in [-0.4, -0.2) is 29.4 Å². The summed E-state index contributed by atoms with van der Waals surface area (Å²) in [6.45, 7) is 0.597. The van der Waals surface area contributed by atoms with Gasteiger partial charge in [-0.25, -0.2) is 4.98 Å². The Kier molecular flexibility index (Phi) is 3.90. The maximum atomic E-state index is 12.1. The molecule has 1 aliphatic heterocycles. The number of benzene rings is 1. The standard InChI is InChI=1S/C14H12ClN3O2S/c15-9-3-1-2-8(6-9)14-17-7-11(21-14)13(20)18-10-4-5-16-12(10)19/h1-3,6-7,10H,4-5H2,(H,16,19)(H,18,20)/t10-/m0/s1. The van der Waals surface area contributed by atoms with Crippen molar-refractivity contribution in [1.82, 2.24) is 15.6 Å². The minimum Gasteiger partial charge on any atom is -0.354 e. The minimum absolute atomic E-state index is 0.136. The summed E-state index contributed by atoms with van der Waals surface area (Å²) in [5.74, 6) is -0.411. The van der Waals surface area contributed by atoms with Gasteiger partial charge in [0.05, 0.1) is 6.20 Å². The van der Waals surface area contributed by atoms with Crippen molar-refractivity contribution in [3.05, 3.63) is 40.4 Å². The number of amides is 2. The van der Waals surface area contributed by atoms with Gasteiger partial charge in [-0.1, -0.05) is 23.7 Å². The zero-order valence-corrected chi connectivity index (χ0v) is 12.5. The summed E-state index contributed by atoms with van der Waals surface area (Å²) in [5.41, 5.74) is 0.866. The van der Waals surface area contributed by atoms with Crippen molar-refractivity contribution in [1.29, 1.82) is 0 Å². The Balaban J connectivity index is 1.75. The molecule has 108 valence electrons. The van der Waals surface area contributed by atoms with E-state index in [2.05, 4.69) is 15.6 Å². The van der Waals surface area contributed by atoms with E-state index in [-0.39, 0.29) is 11.8 Å². The fraction of sp³-hybridized carbons (Fsp3) is 0.214. The largest absolute Gasteiger partial charge is 0.354 e. The third-order valence-corrected chi connectivity index (χ3v) is 4.44. The summed E-state index contributed by atoms with van der Waals surface area (Å²) in [5, 5.41) is 6.74. The first-order valence-corrected chi connectivity index (χ1v) is 7.63. The van der Waals surface area contributed by atoms with Crippen LogP contribution in [0.1, 0.15) is 16.1 Å². The monoisotopic (exact) mass is 321 g/mol. The van der Waals surface area contributed by atoms with E-state index in [1.807, 2.05) is 12.1 Å². The number of nitrogens with one attached hydrogen (secondary N) is 2. The molecule has 0 aliphatic carbocycles. The molecule has 1 aliphatic rings. The highest BCUT2D eigenvalue weighted by Crippen LogP contribution is 2.27. The van der Waals surface area contributed by atoms with Gasteiger partial charge in [-0.05, 0) is 18.6 Å². The van der Waals surface area contributed by atoms with Crippen LogP contribution in [0.2, 0.25) is 5.02 Å². The van der Waals surface area contributed by atoms with Gasteiger partial charge in [0.15, 0.2) is 0 Å². The molecule has 1 atom stereocenters. The number of carbonyl (C=O) groups is 2. The van der Waals surface area contributed by atoms with Crippen LogP contribution in [0.4, 0.5) is 0 Å². The van der Waals surface area contributed by atoms with E-state index in [1.54, 1.807) is 12.1 Å². The summed E-state index contributed by atoms with van der Waals surface area (Å²) >= 11 is 7.22. The number of thiazole rings is 1. The molecule has 0 radical (unpaired) electrons. The second kappa shape index (κ2) is 5.83. The van der Waals surface area contributed by atoms with Gasteiger partial charge < -0.3 is 10.6 Å². The van der Waals surface area contributed by atoms with E-state index < -0.39 is 6.04 Å². The van der Waals surface area contributed by atoms with Gasteiger partial charge in [-0.15, -0.1) is 11.3 Å². The lowest BCUT2D eigenvalue weighted by Crippen LogP contribution is -2.39. The van der Waals surface area contributed by atoms with Crippen LogP contribution in [0.5, 0.6) is 0 Å². The summed E-state index contributed by atoms with van der Waals surface area (Å²) in [6.07, 6.45) is 2.13. The Hall–Kier alpha value is -1.92. The fourth-order valence-electron chi connectivity index (χ4n) is 2.10. The average molecular weight is 322 g/mol. The van der Waals surface area contributed by atoms with Crippen LogP contribution in [0, 0.1) is 0 Å². The van der Waals surface area contributed by atoms with E-state index in [1.165, 1.54) is 17.5 Å². The van der Waals surface area contributed by atoms with Crippen molar-refractivity contribution >= 4 is 34.8 Å². The zero-order valence-electron chi connectivity index (χ0n) is 10.9. The number of carbonyl (C=O) groups excluding carboxylic acids is 2. The van der Waals surface area contributed by atoms with Crippen molar-refractivity contribution in [3.8, 4) is 10.6 Å². The zero-order chi connectivity index (χ0) is 14.8. The van der Waals surface area contributed by atoms with Gasteiger partial charge in [0.1, 0.15) is 15.9 Å². The molecular weight excluding hydrogens is 310 g/mol. The van der Waals surface area contributed by atoms with E-state index in [9.17, 15) is 9.59 Å². The molecule has 0 unspecified atom stereocenters. The molecule has 2 N–H and O–H groups in total. The van der Waals surface area contributed by atoms with E-state index in [0.29, 0.717) is 22.9 Å². The Bertz CT molecular complexity index is 701. The normalized spacial score (nSPS) is 17.6. The van der Waals surface area contributed by atoms with Gasteiger partial charge in [-0.3, -0.25) is 9.59 Å². The number of aromatic nitrogens is 1. The number of nitrogens with zero attached hydrogens (tertiary/aromatic N) is 1. The lowest BCUT2D eigenvalue weighted by molar-refractivity contribution is -0.120. The second-order valence-corrected chi connectivity index (χ2v) is 6.11. The van der Waals surface area contributed by atoms with E-state index in [0.717, 1.165) is 10.6 Å². The van der Waals surface area contributed by atoms with Crippen molar-refractivity contribution in [2.75, 3.05) is 6.54 Å². The molecule has 1 aromatic carbocycles. The number of hydrogen-bond acceptors (Lipinski definition) is 4. The highest BCUT2D eigenvalue weighted by molar-refractivity contribution is 7.16. The highest BCUT2D eigenvalue weighted by atomic mass is 35.5. The van der Waals surface area contributed by atoms with Gasteiger partial charge in [0.25, 0.3) is 5.91 Å². The van der Waals surface area contributed by atoms with Gasteiger partial charge in [0.2, 0.25) is 5.91 Å². The smallest absolute Gasteiger partial charge is 0.263 e. The molecule has 3 rings (SSSR count). The van der Waals surface area contributed by atoms with Gasteiger partial charge in [0, 0.05) is 17.1 Å². The molecule has 7 heteroatoms. The number of rotatable bonds is 3. The SMILES string of the molecule is O=C(N[C@H]1CCNC1=O)c1cnc(-c2cccc(Cl)c2)s1. The Morgan fingerprint density at radius 1 is 1.48 bits per heavy atom. The highest BCUT2D eigenvalue weighted by Gasteiger charge is 2.26. The van der Waals surface area contributed by atoms with E-state index in [4.69, 9.17) is 11.6 Å². The molecule has 0 bridgehead atoms. The molecule has 1 saturated heterocycles. The first-order valence-electron chi connectivity index (χ1n) is 6.44. The van der Waals surface area contributed by atoms with E-state index >= 15 is 0 Å². The Morgan fingerprint density at radius 3 is 3.05 bits per heavy atom. The summed E-state index contributed by atoms with van der Waals surface area (Å²) < 4.78 is 0. The van der Waals surface area contributed by atoms with Crippen molar-refractivity contribution in [2.24, 2.45) is 0 Å². The first kappa shape index (κ1) is 14.0. The third kappa shape index (κ3) is 3.06. The van der Waals surface area contributed by atoms with Crippen molar-refractivity contribution in [3.63, 3.8) is 0 Å². The quantitative estimate of drug-likeness (QED) is 0.909. The van der Waals surface area contributed by atoms with Gasteiger partial charge >= 0.3 is 0 Å². The molecule has 1 fully saturated rings. The van der Waals surface area contributed by atoms with Crippen LogP contribution in [0.3, 0.4) is 0 Å². The number of hydrogen-bond donors (Lipinski definition) is 2. The predicted octanol–water partition coefficient (Wildman–Crippen LogP) is 2.08. The van der Waals surface area contributed by atoms with Crippen LogP contribution >= 0.6 is 22.9 Å². The predicted molar refractivity (Wildman–Crippen MR) is 81.4 cm³/mol. The minimum atomic E-state index is -0.450. The first-order chi connectivity index (χ1) is 10.1. The Morgan fingerprint density at radius 2 is 2.33 bits per heavy atom. The van der Waals surface area contributed by atoms with Crippen LogP contribution in [-0.2, 0) is 4.79 Å². The molecule has 21 heavy (non-hydrogen) atoms. The fourth-order valence-corrected chi connectivity index (χ4v) is 3.10. The maximum absolute atomic E-state index is 12.1. The molecule has 1 aromatic heterocycles. The van der Waals surface area contributed by atoms with Crippen LogP contribution in [0.25, 0.3) is 10.6 Å². The van der Waals surface area contributed by atoms with Crippen molar-refractivity contribution in [2.45, 2.75) is 12.5 Å². The van der Waals surface area contributed by atoms with Crippen LogP contribution in [0.15, 0.2) is 30.5 Å². The molecule has 2 aromatic rings. The molecular formula is C14H12ClN3O2S. The molecule has 0 saturated carbocycles. The molecule has 0 spiro atoms. The number of halogens is 1. The lowest BCUT2D eigenvalue weighted by Gasteiger charge is -2.07. The van der Waals surface area contributed by atoms with Gasteiger partial charge in [-0.2, -0.15) is 0 Å². The summed E-state index contributed by atoms with van der Waals surface area (Å²) in [7, 11) is 0. The van der Waals surface area contributed by atoms with Crippen molar-refractivity contribution < 1.29 is 9.59 Å². The topological polar surface area (TPSA) is 71.1 Å². The van der Waals surface area contributed by atoms with Crippen LogP contribution < -0.4 is 10.6 Å². The maximum Gasteiger partial charge on any atom is 0.263 e.